The molecule has 1 saturated heterocycles. The Hall–Kier alpha value is -2.63. The van der Waals surface area contributed by atoms with Gasteiger partial charge in [-0.25, -0.2) is 0 Å². The molecule has 31 heavy (non-hydrogen) atoms. The molecule has 4 unspecified atom stereocenters. The number of likely N-dealkylation sites (tertiary alicyclic amines) is 1. The van der Waals surface area contributed by atoms with Crippen molar-refractivity contribution in [3.8, 4) is 0 Å². The van der Waals surface area contributed by atoms with Gasteiger partial charge in [-0.2, -0.15) is 0 Å². The number of amides is 2. The third kappa shape index (κ3) is 3.46. The van der Waals surface area contributed by atoms with Crippen LogP contribution in [-0.2, 0) is 15.0 Å². The number of fused-ring (bicyclic) bond motifs is 5. The summed E-state index contributed by atoms with van der Waals surface area (Å²) < 4.78 is 0. The quantitative estimate of drug-likeness (QED) is 0.321. The molecular weight excluding hydrogens is 388 g/mol. The Balaban J connectivity index is 1.15. The van der Waals surface area contributed by atoms with Gasteiger partial charge in [0.25, 0.3) is 0 Å². The molecule has 2 saturated carbocycles. The molecule has 6 heteroatoms. The van der Waals surface area contributed by atoms with Crippen LogP contribution in [0.15, 0.2) is 47.5 Å². The maximum atomic E-state index is 12.8. The monoisotopic (exact) mass is 420 g/mol. The van der Waals surface area contributed by atoms with E-state index in [1.807, 2.05) is 0 Å². The van der Waals surface area contributed by atoms with Crippen molar-refractivity contribution in [3.05, 3.63) is 48.0 Å². The molecule has 1 aromatic carbocycles. The van der Waals surface area contributed by atoms with Gasteiger partial charge in [-0.05, 0) is 36.7 Å². The lowest BCUT2D eigenvalue weighted by molar-refractivity contribution is -0.140. The standard InChI is InChI=1S/C25H32N4O2/c1-26-24(28-16-25(11-5-6-12-25)19-7-3-2-4-8-19)27-13-14-29-22(30)20-17-9-10-18(15-17)21(20)23(29)31/h2-4,7-10,17-18,20-21H,5-6,11-16H2,1H3,(H2,26,27,28). The van der Waals surface area contributed by atoms with Crippen LogP contribution >= 0.6 is 0 Å². The van der Waals surface area contributed by atoms with Gasteiger partial charge in [0.05, 0.1) is 11.8 Å². The van der Waals surface area contributed by atoms with E-state index in [2.05, 4.69) is 58.1 Å². The first-order chi connectivity index (χ1) is 15.1. The van der Waals surface area contributed by atoms with Gasteiger partial charge in [-0.15, -0.1) is 0 Å². The van der Waals surface area contributed by atoms with Crippen molar-refractivity contribution in [1.29, 1.82) is 0 Å². The van der Waals surface area contributed by atoms with Gasteiger partial charge in [0.2, 0.25) is 11.8 Å². The maximum absolute atomic E-state index is 12.8. The minimum atomic E-state index is -0.118. The molecule has 4 aliphatic rings. The lowest BCUT2D eigenvalue weighted by Gasteiger charge is -2.31. The number of hydrogen-bond acceptors (Lipinski definition) is 3. The largest absolute Gasteiger partial charge is 0.356 e. The zero-order valence-corrected chi connectivity index (χ0v) is 18.2. The summed E-state index contributed by atoms with van der Waals surface area (Å²) in [5.41, 5.74) is 1.53. The Morgan fingerprint density at radius 1 is 1.03 bits per heavy atom. The third-order valence-electron chi connectivity index (χ3n) is 7.95. The molecule has 0 spiro atoms. The SMILES string of the molecule is CN=C(NCCN1C(=O)C2C3C=CC(C3)C2C1=O)NCC1(c2ccccc2)CCCC1. The Morgan fingerprint density at radius 3 is 2.29 bits per heavy atom. The number of carbonyl (C=O) groups is 2. The number of hydrogen-bond donors (Lipinski definition) is 2. The second-order valence-corrected chi connectivity index (χ2v) is 9.53. The number of carbonyl (C=O) groups excluding carboxylic acids is 2. The highest BCUT2D eigenvalue weighted by Crippen LogP contribution is 2.52. The van der Waals surface area contributed by atoms with Gasteiger partial charge in [0.1, 0.15) is 0 Å². The molecule has 1 heterocycles. The van der Waals surface area contributed by atoms with E-state index < -0.39 is 0 Å². The fraction of sp³-hybridized carbons (Fsp3) is 0.560. The second-order valence-electron chi connectivity index (χ2n) is 9.53. The molecular formula is C25H32N4O2. The van der Waals surface area contributed by atoms with Crippen LogP contribution in [0.4, 0.5) is 0 Å². The summed E-state index contributed by atoms with van der Waals surface area (Å²) in [5.74, 6) is 1.05. The molecule has 3 fully saturated rings. The summed E-state index contributed by atoms with van der Waals surface area (Å²) in [5, 5.41) is 6.81. The smallest absolute Gasteiger partial charge is 0.233 e. The number of rotatable bonds is 6. The summed E-state index contributed by atoms with van der Waals surface area (Å²) in [6.07, 6.45) is 10.1. The van der Waals surface area contributed by atoms with E-state index in [4.69, 9.17) is 0 Å². The Bertz CT molecular complexity index is 873. The number of nitrogens with one attached hydrogen (secondary N) is 2. The molecule has 2 amide bonds. The number of aliphatic imine (C=N–C) groups is 1. The van der Waals surface area contributed by atoms with Gasteiger partial charge in [0.15, 0.2) is 5.96 Å². The van der Waals surface area contributed by atoms with Gasteiger partial charge >= 0.3 is 0 Å². The highest BCUT2D eigenvalue weighted by Gasteiger charge is 2.58. The zero-order chi connectivity index (χ0) is 21.4. The van der Waals surface area contributed by atoms with E-state index in [0.717, 1.165) is 18.9 Å². The lowest BCUT2D eigenvalue weighted by atomic mass is 9.79. The van der Waals surface area contributed by atoms with Gasteiger partial charge in [-0.1, -0.05) is 55.3 Å². The van der Waals surface area contributed by atoms with E-state index in [9.17, 15) is 9.59 Å². The van der Waals surface area contributed by atoms with Crippen molar-refractivity contribution in [2.75, 3.05) is 26.7 Å². The third-order valence-corrected chi connectivity index (χ3v) is 7.95. The number of nitrogens with zero attached hydrogens (tertiary/aromatic N) is 2. The minimum Gasteiger partial charge on any atom is -0.356 e. The fourth-order valence-electron chi connectivity index (χ4n) is 6.36. The Morgan fingerprint density at radius 2 is 1.68 bits per heavy atom. The van der Waals surface area contributed by atoms with E-state index in [1.165, 1.54) is 36.1 Å². The predicted octanol–water partition coefficient (Wildman–Crippen LogP) is 2.47. The van der Waals surface area contributed by atoms with Crippen LogP contribution < -0.4 is 10.6 Å². The normalized spacial score (nSPS) is 30.9. The fourth-order valence-corrected chi connectivity index (χ4v) is 6.36. The number of guanidine groups is 1. The van der Waals surface area contributed by atoms with Gasteiger partial charge in [0, 0.05) is 32.1 Å². The highest BCUT2D eigenvalue weighted by atomic mass is 16.2. The van der Waals surface area contributed by atoms with Gasteiger partial charge < -0.3 is 10.6 Å². The van der Waals surface area contributed by atoms with Crippen LogP contribution in [0.5, 0.6) is 0 Å². The molecule has 0 aromatic heterocycles. The molecule has 1 aliphatic heterocycles. The van der Waals surface area contributed by atoms with E-state index in [1.54, 1.807) is 7.05 Å². The van der Waals surface area contributed by atoms with E-state index >= 15 is 0 Å². The summed E-state index contributed by atoms with van der Waals surface area (Å²) in [6.45, 7) is 1.74. The summed E-state index contributed by atoms with van der Waals surface area (Å²) in [6, 6.07) is 10.8. The second kappa shape index (κ2) is 8.13. The topological polar surface area (TPSA) is 73.8 Å². The first-order valence-electron chi connectivity index (χ1n) is 11.7. The average Bonchev–Trinajstić information content (AvgIpc) is 3.58. The van der Waals surface area contributed by atoms with Crippen LogP contribution in [0, 0.1) is 23.7 Å². The van der Waals surface area contributed by atoms with Crippen molar-refractivity contribution in [2.24, 2.45) is 28.7 Å². The van der Waals surface area contributed by atoms with E-state index in [0.29, 0.717) is 13.1 Å². The molecule has 4 atom stereocenters. The van der Waals surface area contributed by atoms with Crippen molar-refractivity contribution in [2.45, 2.75) is 37.5 Å². The molecule has 164 valence electrons. The van der Waals surface area contributed by atoms with Crippen LogP contribution in [0.3, 0.4) is 0 Å². The maximum Gasteiger partial charge on any atom is 0.233 e. The summed E-state index contributed by atoms with van der Waals surface area (Å²) in [7, 11) is 1.76. The number of imide groups is 1. The van der Waals surface area contributed by atoms with Crippen LogP contribution in [0.25, 0.3) is 0 Å². The highest BCUT2D eigenvalue weighted by molar-refractivity contribution is 6.06. The van der Waals surface area contributed by atoms with Crippen LogP contribution in [0.1, 0.15) is 37.7 Å². The predicted molar refractivity (Wildman–Crippen MR) is 120 cm³/mol. The molecule has 5 rings (SSSR count). The molecule has 6 nitrogen and oxygen atoms in total. The molecule has 2 bridgehead atoms. The number of allylic oxidation sites excluding steroid dienone is 2. The average molecular weight is 421 g/mol. The Labute approximate surface area is 184 Å². The first-order valence-corrected chi connectivity index (χ1v) is 11.7. The molecule has 2 N–H and O–H groups in total. The molecule has 3 aliphatic carbocycles. The van der Waals surface area contributed by atoms with Crippen molar-refractivity contribution >= 4 is 17.8 Å². The van der Waals surface area contributed by atoms with Crippen molar-refractivity contribution in [3.63, 3.8) is 0 Å². The molecule has 0 radical (unpaired) electrons. The Kier molecular flexibility index (Phi) is 5.32. The zero-order valence-electron chi connectivity index (χ0n) is 18.2. The van der Waals surface area contributed by atoms with Crippen molar-refractivity contribution in [1.82, 2.24) is 15.5 Å². The van der Waals surface area contributed by atoms with E-state index in [-0.39, 0.29) is 40.9 Å². The van der Waals surface area contributed by atoms with Crippen LogP contribution in [0.2, 0.25) is 0 Å². The first kappa shape index (κ1) is 20.3. The van der Waals surface area contributed by atoms with Crippen LogP contribution in [-0.4, -0.2) is 49.4 Å². The van der Waals surface area contributed by atoms with Crippen molar-refractivity contribution < 1.29 is 9.59 Å². The minimum absolute atomic E-state index is 0.0191. The lowest BCUT2D eigenvalue weighted by Crippen LogP contribution is -2.47. The summed E-state index contributed by atoms with van der Waals surface area (Å²) in [4.78, 5) is 31.5. The summed E-state index contributed by atoms with van der Waals surface area (Å²) >= 11 is 0. The van der Waals surface area contributed by atoms with Gasteiger partial charge in [-0.3, -0.25) is 19.5 Å². The number of benzene rings is 1. The molecule has 1 aromatic rings.